The first kappa shape index (κ1) is 20.0. The Kier molecular flexibility index (Phi) is 9.02. The molecule has 2 rings (SSSR count). The first-order chi connectivity index (χ1) is 12.2. The topological polar surface area (TPSA) is 35.5 Å². The van der Waals surface area contributed by atoms with Gasteiger partial charge in [-0.05, 0) is 48.4 Å². The van der Waals surface area contributed by atoms with Crippen molar-refractivity contribution < 1.29 is 5.11 Å². The minimum absolute atomic E-state index is 0.339. The summed E-state index contributed by atoms with van der Waals surface area (Å²) in [4.78, 5) is 1.46. The van der Waals surface area contributed by atoms with E-state index in [1.165, 1.54) is 17.7 Å². The molecule has 0 amide bonds. The highest BCUT2D eigenvalue weighted by molar-refractivity contribution is 7.09. The van der Waals surface area contributed by atoms with Crippen LogP contribution in [0.15, 0.2) is 41.8 Å². The van der Waals surface area contributed by atoms with Gasteiger partial charge in [0.05, 0.1) is 6.10 Å². The van der Waals surface area contributed by atoms with Crippen LogP contribution < -0.4 is 5.43 Å². The summed E-state index contributed by atoms with van der Waals surface area (Å²) in [5, 5.41) is 14.6. The van der Waals surface area contributed by atoms with E-state index in [0.29, 0.717) is 0 Å². The number of benzene rings is 1. The van der Waals surface area contributed by atoms with Crippen LogP contribution >= 0.6 is 11.3 Å². The first-order valence-electron chi connectivity index (χ1n) is 9.55. The second kappa shape index (κ2) is 11.3. The summed E-state index contributed by atoms with van der Waals surface area (Å²) in [6.45, 7) is 6.35. The van der Waals surface area contributed by atoms with Crippen LogP contribution in [0.25, 0.3) is 0 Å². The molecule has 1 aromatic carbocycles. The zero-order chi connectivity index (χ0) is 17.9. The van der Waals surface area contributed by atoms with E-state index in [-0.39, 0.29) is 6.10 Å². The zero-order valence-corrected chi connectivity index (χ0v) is 16.4. The zero-order valence-electron chi connectivity index (χ0n) is 15.6. The Labute approximate surface area is 156 Å². The van der Waals surface area contributed by atoms with Crippen molar-refractivity contribution in [3.8, 4) is 0 Å². The highest BCUT2D eigenvalue weighted by Crippen LogP contribution is 2.21. The van der Waals surface area contributed by atoms with Crippen LogP contribution in [0.1, 0.15) is 62.5 Å². The largest absolute Gasteiger partial charge is 0.388 e. The summed E-state index contributed by atoms with van der Waals surface area (Å²) in [5.41, 5.74) is 5.58. The molecule has 0 aliphatic rings. The molecule has 0 fully saturated rings. The third-order valence-corrected chi connectivity index (χ3v) is 5.41. The predicted molar refractivity (Wildman–Crippen MR) is 109 cm³/mol. The Balaban J connectivity index is 1.77. The lowest BCUT2D eigenvalue weighted by molar-refractivity contribution is 0.163. The van der Waals surface area contributed by atoms with Crippen molar-refractivity contribution in [2.45, 2.75) is 58.5 Å². The van der Waals surface area contributed by atoms with Crippen molar-refractivity contribution in [1.82, 2.24) is 5.01 Å². The fourth-order valence-electron chi connectivity index (χ4n) is 2.91. The van der Waals surface area contributed by atoms with Gasteiger partial charge < -0.3 is 10.5 Å². The molecule has 0 aliphatic carbocycles. The molecular weight excluding hydrogens is 328 g/mol. The van der Waals surface area contributed by atoms with Gasteiger partial charge in [0.1, 0.15) is 0 Å². The van der Waals surface area contributed by atoms with E-state index in [0.717, 1.165) is 50.0 Å². The average molecular weight is 361 g/mol. The number of hydrogen-bond donors (Lipinski definition) is 2. The lowest BCUT2D eigenvalue weighted by atomic mass is 10.0. The van der Waals surface area contributed by atoms with Crippen molar-refractivity contribution in [3.05, 3.63) is 52.2 Å². The molecule has 0 saturated heterocycles. The lowest BCUT2D eigenvalue weighted by Crippen LogP contribution is -2.30. The van der Waals surface area contributed by atoms with Crippen LogP contribution in [0, 0.1) is 0 Å². The molecule has 1 atom stereocenters. The van der Waals surface area contributed by atoms with Crippen molar-refractivity contribution >= 4 is 17.0 Å². The molecule has 4 heteroatoms. The quantitative estimate of drug-likeness (QED) is 0.379. The molecule has 0 radical (unpaired) electrons. The van der Waals surface area contributed by atoms with E-state index in [4.69, 9.17) is 0 Å². The van der Waals surface area contributed by atoms with Crippen LogP contribution in [-0.4, -0.2) is 23.2 Å². The normalized spacial score (nSPS) is 12.5. The van der Waals surface area contributed by atoms with Gasteiger partial charge in [-0.25, -0.2) is 5.01 Å². The van der Waals surface area contributed by atoms with E-state index < -0.39 is 0 Å². The van der Waals surface area contributed by atoms with E-state index in [9.17, 15) is 5.11 Å². The molecule has 1 aromatic heterocycles. The Morgan fingerprint density at radius 1 is 1.08 bits per heavy atom. The van der Waals surface area contributed by atoms with Crippen LogP contribution in [-0.2, 0) is 6.42 Å². The van der Waals surface area contributed by atoms with Gasteiger partial charge in [-0.1, -0.05) is 51.3 Å². The molecule has 2 N–H and O–H groups in total. The predicted octanol–water partition coefficient (Wildman–Crippen LogP) is 5.64. The number of aliphatic hydroxyl groups excluding tert-OH is 1. The van der Waals surface area contributed by atoms with Gasteiger partial charge in [0.25, 0.3) is 0 Å². The number of hydrazine groups is 1. The lowest BCUT2D eigenvalue weighted by Gasteiger charge is -2.23. The summed E-state index contributed by atoms with van der Waals surface area (Å²) in [7, 11) is 0. The number of nitrogens with one attached hydrogen (secondary N) is 1. The van der Waals surface area contributed by atoms with Crippen LogP contribution in [0.5, 0.6) is 0 Å². The summed E-state index contributed by atoms with van der Waals surface area (Å²) < 4.78 is 0. The van der Waals surface area contributed by atoms with E-state index in [2.05, 4.69) is 53.9 Å². The number of aliphatic hydroxyl groups is 1. The Morgan fingerprint density at radius 2 is 1.88 bits per heavy atom. The summed E-state index contributed by atoms with van der Waals surface area (Å²) in [6.07, 6.45) is 6.26. The van der Waals surface area contributed by atoms with Crippen molar-refractivity contribution in [3.63, 3.8) is 0 Å². The number of rotatable bonds is 12. The second-order valence-corrected chi connectivity index (χ2v) is 7.54. The third-order valence-electron chi connectivity index (χ3n) is 4.48. The molecule has 1 unspecified atom stereocenters. The molecule has 2 aromatic rings. The molecule has 0 aliphatic heterocycles. The Morgan fingerprint density at radius 3 is 2.52 bits per heavy atom. The van der Waals surface area contributed by atoms with Crippen LogP contribution in [0.2, 0.25) is 0 Å². The SMILES string of the molecule is CCCCCC(O)c1ccc(NN(CC)CCCc2cccs2)cc1. The molecule has 1 heterocycles. The molecule has 25 heavy (non-hydrogen) atoms. The fraction of sp³-hybridized carbons (Fsp3) is 0.524. The van der Waals surface area contributed by atoms with E-state index >= 15 is 0 Å². The molecule has 0 bridgehead atoms. The Hall–Kier alpha value is -1.36. The monoisotopic (exact) mass is 360 g/mol. The molecule has 138 valence electrons. The number of anilines is 1. The minimum Gasteiger partial charge on any atom is -0.388 e. The van der Waals surface area contributed by atoms with Crippen molar-refractivity contribution in [1.29, 1.82) is 0 Å². The van der Waals surface area contributed by atoms with Gasteiger partial charge in [-0.3, -0.25) is 0 Å². The summed E-state index contributed by atoms with van der Waals surface area (Å²) >= 11 is 1.83. The smallest absolute Gasteiger partial charge is 0.0790 e. The number of nitrogens with zero attached hydrogens (tertiary/aromatic N) is 1. The number of aryl methyl sites for hydroxylation is 1. The van der Waals surface area contributed by atoms with Crippen molar-refractivity contribution in [2.75, 3.05) is 18.5 Å². The number of unbranched alkanes of at least 4 members (excludes halogenated alkanes) is 2. The summed E-state index contributed by atoms with van der Waals surface area (Å²) in [6, 6.07) is 12.5. The standard InChI is InChI=1S/C21H32N2OS/c1-3-5-6-11-21(24)18-12-14-19(15-13-18)22-23(4-2)16-7-9-20-10-8-17-25-20/h8,10,12-15,17,21-22,24H,3-7,9,11,16H2,1-2H3. The van der Waals surface area contributed by atoms with Crippen molar-refractivity contribution in [2.24, 2.45) is 0 Å². The van der Waals surface area contributed by atoms with Gasteiger partial charge in [0.2, 0.25) is 0 Å². The van der Waals surface area contributed by atoms with Gasteiger partial charge in [-0.15, -0.1) is 11.3 Å². The summed E-state index contributed by atoms with van der Waals surface area (Å²) in [5.74, 6) is 0. The van der Waals surface area contributed by atoms with Crippen LogP contribution in [0.4, 0.5) is 5.69 Å². The molecule has 0 saturated carbocycles. The van der Waals surface area contributed by atoms with Gasteiger partial charge in [-0.2, -0.15) is 0 Å². The maximum Gasteiger partial charge on any atom is 0.0790 e. The molecule has 0 spiro atoms. The number of thiophene rings is 1. The fourth-order valence-corrected chi connectivity index (χ4v) is 3.66. The maximum atomic E-state index is 10.2. The minimum atomic E-state index is -0.339. The van der Waals surface area contributed by atoms with E-state index in [1.54, 1.807) is 0 Å². The second-order valence-electron chi connectivity index (χ2n) is 6.51. The number of hydrogen-bond acceptors (Lipinski definition) is 4. The van der Waals surface area contributed by atoms with Gasteiger partial charge >= 0.3 is 0 Å². The maximum absolute atomic E-state index is 10.2. The van der Waals surface area contributed by atoms with Gasteiger partial charge in [0.15, 0.2) is 0 Å². The van der Waals surface area contributed by atoms with Gasteiger partial charge in [0, 0.05) is 23.7 Å². The Bertz CT molecular complexity index is 568. The first-order valence-corrected chi connectivity index (χ1v) is 10.4. The molecule has 3 nitrogen and oxygen atoms in total. The van der Waals surface area contributed by atoms with Crippen LogP contribution in [0.3, 0.4) is 0 Å². The average Bonchev–Trinajstić information content (AvgIpc) is 3.15. The highest BCUT2D eigenvalue weighted by Gasteiger charge is 2.08. The molecular formula is C21H32N2OS. The third kappa shape index (κ3) is 7.18. The van der Waals surface area contributed by atoms with E-state index in [1.807, 2.05) is 23.5 Å². The highest BCUT2D eigenvalue weighted by atomic mass is 32.1.